The first-order chi connectivity index (χ1) is 9.76. The molecule has 1 N–H and O–H groups in total. The van der Waals surface area contributed by atoms with Gasteiger partial charge in [-0.3, -0.25) is 0 Å². The van der Waals surface area contributed by atoms with Crippen molar-refractivity contribution in [2.45, 2.75) is 39.7 Å². The summed E-state index contributed by atoms with van der Waals surface area (Å²) in [5, 5.41) is 4.21. The van der Waals surface area contributed by atoms with E-state index in [1.807, 2.05) is 24.5 Å². The average molecular weight is 292 g/mol. The van der Waals surface area contributed by atoms with Crippen LogP contribution in [-0.4, -0.2) is 16.1 Å². The van der Waals surface area contributed by atoms with Gasteiger partial charge < -0.3 is 9.88 Å². The molecule has 1 aromatic heterocycles. The average Bonchev–Trinajstić information content (AvgIpc) is 2.89. The lowest BCUT2D eigenvalue weighted by molar-refractivity contribution is 0.671. The Bertz CT molecular complexity index is 548. The Morgan fingerprint density at radius 3 is 2.85 bits per heavy atom. The lowest BCUT2D eigenvalue weighted by Crippen LogP contribution is -2.16. The largest absolute Gasteiger partial charge is 0.313 e. The molecule has 108 valence electrons. The van der Waals surface area contributed by atoms with Crippen molar-refractivity contribution in [2.24, 2.45) is 0 Å². The van der Waals surface area contributed by atoms with Gasteiger partial charge in [-0.15, -0.1) is 0 Å². The summed E-state index contributed by atoms with van der Waals surface area (Å²) >= 11 is 6.17. The number of hydrogen-bond acceptors (Lipinski definition) is 2. The zero-order valence-electron chi connectivity index (χ0n) is 12.2. The van der Waals surface area contributed by atoms with Crippen molar-refractivity contribution in [3.8, 4) is 5.69 Å². The van der Waals surface area contributed by atoms with Crippen LogP contribution in [0.5, 0.6) is 0 Å². The van der Waals surface area contributed by atoms with Crippen molar-refractivity contribution >= 4 is 11.6 Å². The number of hydrogen-bond donors (Lipinski definition) is 1. The van der Waals surface area contributed by atoms with Crippen LogP contribution >= 0.6 is 11.6 Å². The van der Waals surface area contributed by atoms with Crippen molar-refractivity contribution < 1.29 is 0 Å². The Morgan fingerprint density at radius 1 is 1.25 bits per heavy atom. The van der Waals surface area contributed by atoms with Crippen LogP contribution < -0.4 is 5.32 Å². The molecule has 0 bridgehead atoms. The maximum Gasteiger partial charge on any atom is 0.113 e. The molecule has 0 radical (unpaired) electrons. The first kappa shape index (κ1) is 15.1. The third-order valence-electron chi connectivity index (χ3n) is 3.24. The number of aryl methyl sites for hydroxylation is 1. The molecule has 0 fully saturated rings. The van der Waals surface area contributed by atoms with Gasteiger partial charge in [0, 0.05) is 30.4 Å². The van der Waals surface area contributed by atoms with Gasteiger partial charge in [0.2, 0.25) is 0 Å². The molecule has 0 saturated carbocycles. The summed E-state index contributed by atoms with van der Waals surface area (Å²) in [5.41, 5.74) is 2.38. The molecule has 0 spiro atoms. The van der Waals surface area contributed by atoms with Crippen molar-refractivity contribution in [1.29, 1.82) is 0 Å². The summed E-state index contributed by atoms with van der Waals surface area (Å²) in [5.74, 6) is 1.09. The van der Waals surface area contributed by atoms with Crippen LogP contribution in [0.3, 0.4) is 0 Å². The van der Waals surface area contributed by atoms with Gasteiger partial charge in [0.1, 0.15) is 5.82 Å². The molecule has 0 saturated heterocycles. The highest BCUT2D eigenvalue weighted by Gasteiger charge is 2.09. The fraction of sp³-hybridized carbons (Fsp3) is 0.438. The van der Waals surface area contributed by atoms with Gasteiger partial charge in [0.05, 0.1) is 5.69 Å². The summed E-state index contributed by atoms with van der Waals surface area (Å²) in [6.45, 7) is 6.21. The zero-order valence-corrected chi connectivity index (χ0v) is 13.0. The van der Waals surface area contributed by atoms with E-state index in [0.717, 1.165) is 48.9 Å². The molecule has 20 heavy (non-hydrogen) atoms. The van der Waals surface area contributed by atoms with E-state index in [4.69, 9.17) is 11.6 Å². The third kappa shape index (κ3) is 3.62. The van der Waals surface area contributed by atoms with Crippen LogP contribution in [0.15, 0.2) is 30.6 Å². The van der Waals surface area contributed by atoms with Gasteiger partial charge in [-0.25, -0.2) is 4.98 Å². The molecule has 4 heteroatoms. The van der Waals surface area contributed by atoms with E-state index in [2.05, 4.69) is 34.8 Å². The van der Waals surface area contributed by atoms with Crippen LogP contribution in [0.2, 0.25) is 5.02 Å². The Morgan fingerprint density at radius 2 is 2.10 bits per heavy atom. The molecule has 0 aliphatic heterocycles. The summed E-state index contributed by atoms with van der Waals surface area (Å²) in [7, 11) is 0. The molecule has 0 unspecified atom stereocenters. The highest BCUT2D eigenvalue weighted by atomic mass is 35.5. The van der Waals surface area contributed by atoms with Crippen molar-refractivity contribution in [2.75, 3.05) is 6.54 Å². The predicted molar refractivity (Wildman–Crippen MR) is 84.6 cm³/mol. The summed E-state index contributed by atoms with van der Waals surface area (Å²) in [6, 6.07) is 6.06. The van der Waals surface area contributed by atoms with E-state index in [-0.39, 0.29) is 0 Å². The van der Waals surface area contributed by atoms with Crippen LogP contribution in [0.25, 0.3) is 5.69 Å². The van der Waals surface area contributed by atoms with Crippen LogP contribution in [0, 0.1) is 0 Å². The third-order valence-corrected chi connectivity index (χ3v) is 3.48. The molecular weight excluding hydrogens is 270 g/mol. The Balaban J connectivity index is 2.32. The fourth-order valence-electron chi connectivity index (χ4n) is 2.27. The second-order valence-electron chi connectivity index (χ2n) is 4.91. The van der Waals surface area contributed by atoms with Gasteiger partial charge in [-0.2, -0.15) is 0 Å². The summed E-state index contributed by atoms with van der Waals surface area (Å²) in [6.07, 6.45) is 7.06. The lowest BCUT2D eigenvalue weighted by atomic mass is 10.1. The van der Waals surface area contributed by atoms with Crippen molar-refractivity contribution in [1.82, 2.24) is 14.9 Å². The molecule has 1 heterocycles. The van der Waals surface area contributed by atoms with E-state index in [1.54, 1.807) is 0 Å². The molecule has 1 aromatic carbocycles. The monoisotopic (exact) mass is 291 g/mol. The molecule has 2 rings (SSSR count). The second-order valence-corrected chi connectivity index (χ2v) is 5.35. The Kier molecular flexibility index (Phi) is 5.62. The number of aromatic nitrogens is 2. The number of nitrogens with zero attached hydrogens (tertiary/aromatic N) is 2. The molecule has 0 aliphatic carbocycles. The number of benzene rings is 1. The standard InChI is InChI=1S/C16H22ClN3/c1-3-5-16-19-9-10-20(16)15-11-14(17)7-6-13(15)12-18-8-4-2/h6-7,9-11,18H,3-5,8,12H2,1-2H3. The van der Waals surface area contributed by atoms with E-state index in [9.17, 15) is 0 Å². The smallest absolute Gasteiger partial charge is 0.113 e. The van der Waals surface area contributed by atoms with Gasteiger partial charge in [0.15, 0.2) is 0 Å². The molecule has 2 aromatic rings. The number of rotatable bonds is 7. The molecule has 3 nitrogen and oxygen atoms in total. The van der Waals surface area contributed by atoms with Crippen molar-refractivity contribution in [3.05, 3.63) is 47.0 Å². The maximum absolute atomic E-state index is 6.17. The number of imidazole rings is 1. The highest BCUT2D eigenvalue weighted by molar-refractivity contribution is 6.30. The minimum Gasteiger partial charge on any atom is -0.313 e. The number of halogens is 1. The SMILES string of the molecule is CCCNCc1ccc(Cl)cc1-n1ccnc1CCC. The van der Waals surface area contributed by atoms with Crippen LogP contribution in [-0.2, 0) is 13.0 Å². The molecule has 0 aliphatic rings. The minimum atomic E-state index is 0.760. The van der Waals surface area contributed by atoms with Crippen LogP contribution in [0.4, 0.5) is 0 Å². The van der Waals surface area contributed by atoms with E-state index < -0.39 is 0 Å². The van der Waals surface area contributed by atoms with E-state index >= 15 is 0 Å². The molecular formula is C16H22ClN3. The zero-order chi connectivity index (χ0) is 14.4. The normalized spacial score (nSPS) is 10.9. The highest BCUT2D eigenvalue weighted by Crippen LogP contribution is 2.22. The van der Waals surface area contributed by atoms with Gasteiger partial charge in [-0.05, 0) is 37.1 Å². The summed E-state index contributed by atoms with van der Waals surface area (Å²) in [4.78, 5) is 4.45. The first-order valence-corrected chi connectivity index (χ1v) is 7.65. The van der Waals surface area contributed by atoms with Crippen molar-refractivity contribution in [3.63, 3.8) is 0 Å². The number of nitrogens with one attached hydrogen (secondary N) is 1. The van der Waals surface area contributed by atoms with Crippen LogP contribution in [0.1, 0.15) is 38.1 Å². The predicted octanol–water partition coefficient (Wildman–Crippen LogP) is 3.98. The van der Waals surface area contributed by atoms with E-state index in [0.29, 0.717) is 0 Å². The molecule has 0 atom stereocenters. The summed E-state index contributed by atoms with van der Waals surface area (Å²) < 4.78 is 2.15. The first-order valence-electron chi connectivity index (χ1n) is 7.28. The minimum absolute atomic E-state index is 0.760. The Hall–Kier alpha value is -1.32. The fourth-order valence-corrected chi connectivity index (χ4v) is 2.44. The topological polar surface area (TPSA) is 29.9 Å². The lowest BCUT2D eigenvalue weighted by Gasteiger charge is -2.14. The molecule has 0 amide bonds. The van der Waals surface area contributed by atoms with Gasteiger partial charge >= 0.3 is 0 Å². The van der Waals surface area contributed by atoms with Gasteiger partial charge in [0.25, 0.3) is 0 Å². The van der Waals surface area contributed by atoms with E-state index in [1.165, 1.54) is 5.56 Å². The quantitative estimate of drug-likeness (QED) is 0.782. The Labute approximate surface area is 126 Å². The van der Waals surface area contributed by atoms with Gasteiger partial charge in [-0.1, -0.05) is 31.5 Å². The maximum atomic E-state index is 6.17. The second kappa shape index (κ2) is 7.46.